The van der Waals surface area contributed by atoms with Crippen LogP contribution >= 0.6 is 0 Å². The number of ether oxygens (including phenoxy) is 1. The highest BCUT2D eigenvalue weighted by Crippen LogP contribution is 2.48. The highest BCUT2D eigenvalue weighted by Gasteiger charge is 2.44. The molecule has 0 aliphatic heterocycles. The normalized spacial score (nSPS) is 23.3. The Bertz CT molecular complexity index is 846. The standard InChI is InChI=1S/C25H31NO2/c1-26(15-7-12-24(27)28-2)22-13-14-25(18-22)17-21-10-4-3-8-19(21)16-20-9-5-6-11-23(20)25/h3-6,8-11,22H,7,12-18H2,1-2H3. The van der Waals surface area contributed by atoms with Gasteiger partial charge in [0.05, 0.1) is 7.11 Å². The summed E-state index contributed by atoms with van der Waals surface area (Å²) in [5.41, 5.74) is 6.32. The molecular formula is C25H31NO2. The van der Waals surface area contributed by atoms with Crippen molar-refractivity contribution in [2.24, 2.45) is 0 Å². The Morgan fingerprint density at radius 1 is 1.11 bits per heavy atom. The molecule has 0 amide bonds. The van der Waals surface area contributed by atoms with E-state index < -0.39 is 0 Å². The van der Waals surface area contributed by atoms with Crippen LogP contribution in [-0.2, 0) is 27.8 Å². The largest absolute Gasteiger partial charge is 0.469 e. The Labute approximate surface area is 168 Å². The van der Waals surface area contributed by atoms with Crippen molar-refractivity contribution in [2.75, 3.05) is 20.7 Å². The van der Waals surface area contributed by atoms with Crippen molar-refractivity contribution >= 4 is 5.97 Å². The van der Waals surface area contributed by atoms with Gasteiger partial charge in [0.1, 0.15) is 0 Å². The van der Waals surface area contributed by atoms with Crippen LogP contribution < -0.4 is 0 Å². The van der Waals surface area contributed by atoms with E-state index in [2.05, 4.69) is 60.5 Å². The van der Waals surface area contributed by atoms with E-state index in [1.165, 1.54) is 43.1 Å². The zero-order chi connectivity index (χ0) is 19.6. The van der Waals surface area contributed by atoms with E-state index in [9.17, 15) is 4.79 Å². The zero-order valence-corrected chi connectivity index (χ0v) is 17.1. The summed E-state index contributed by atoms with van der Waals surface area (Å²) in [6.45, 7) is 0.952. The summed E-state index contributed by atoms with van der Waals surface area (Å²) >= 11 is 0. The Kier molecular flexibility index (Phi) is 5.54. The number of carbonyl (C=O) groups excluding carboxylic acids is 1. The molecule has 4 rings (SSSR count). The van der Waals surface area contributed by atoms with Crippen molar-refractivity contribution in [2.45, 2.75) is 56.4 Å². The first kappa shape index (κ1) is 19.2. The van der Waals surface area contributed by atoms with Crippen molar-refractivity contribution in [3.63, 3.8) is 0 Å². The lowest BCUT2D eigenvalue weighted by Gasteiger charge is -2.32. The average molecular weight is 378 g/mol. The van der Waals surface area contributed by atoms with Gasteiger partial charge < -0.3 is 9.64 Å². The van der Waals surface area contributed by atoms with Crippen LogP contribution in [0.2, 0.25) is 0 Å². The van der Waals surface area contributed by atoms with E-state index in [1.807, 2.05) is 0 Å². The van der Waals surface area contributed by atoms with Gasteiger partial charge in [0, 0.05) is 17.9 Å². The molecule has 2 aliphatic rings. The highest BCUT2D eigenvalue weighted by atomic mass is 16.5. The molecule has 2 aliphatic carbocycles. The van der Waals surface area contributed by atoms with E-state index in [-0.39, 0.29) is 11.4 Å². The average Bonchev–Trinajstić information content (AvgIpc) is 3.08. The van der Waals surface area contributed by atoms with E-state index in [1.54, 1.807) is 5.56 Å². The molecule has 0 saturated heterocycles. The van der Waals surface area contributed by atoms with Crippen LogP contribution in [0.25, 0.3) is 0 Å². The first-order valence-electron chi connectivity index (χ1n) is 10.5. The van der Waals surface area contributed by atoms with Crippen LogP contribution in [0.1, 0.15) is 54.4 Å². The molecule has 2 atom stereocenters. The molecule has 148 valence electrons. The predicted octanol–water partition coefficient (Wildman–Crippen LogP) is 4.51. The first-order chi connectivity index (χ1) is 13.6. The third kappa shape index (κ3) is 3.73. The molecule has 0 heterocycles. The summed E-state index contributed by atoms with van der Waals surface area (Å²) in [7, 11) is 3.69. The van der Waals surface area contributed by atoms with Crippen LogP contribution in [0.4, 0.5) is 0 Å². The zero-order valence-electron chi connectivity index (χ0n) is 17.1. The van der Waals surface area contributed by atoms with Crippen LogP contribution in [-0.4, -0.2) is 37.6 Å². The summed E-state index contributed by atoms with van der Waals surface area (Å²) in [6, 6.07) is 18.7. The fraction of sp³-hybridized carbons (Fsp3) is 0.480. The van der Waals surface area contributed by atoms with Crippen molar-refractivity contribution in [3.8, 4) is 0 Å². The maximum absolute atomic E-state index is 11.4. The monoisotopic (exact) mass is 377 g/mol. The number of nitrogens with zero attached hydrogens (tertiary/aromatic N) is 1. The van der Waals surface area contributed by atoms with Crippen molar-refractivity contribution in [3.05, 3.63) is 70.8 Å². The number of hydrogen-bond acceptors (Lipinski definition) is 3. The molecular weight excluding hydrogens is 346 g/mol. The van der Waals surface area contributed by atoms with E-state index in [0.29, 0.717) is 12.5 Å². The smallest absolute Gasteiger partial charge is 0.305 e. The van der Waals surface area contributed by atoms with Crippen molar-refractivity contribution < 1.29 is 9.53 Å². The van der Waals surface area contributed by atoms with Crippen LogP contribution in [0.3, 0.4) is 0 Å². The van der Waals surface area contributed by atoms with Gasteiger partial charge in [0.2, 0.25) is 0 Å². The first-order valence-corrected chi connectivity index (χ1v) is 10.5. The number of benzene rings is 2. The molecule has 1 saturated carbocycles. The highest BCUT2D eigenvalue weighted by molar-refractivity contribution is 5.69. The van der Waals surface area contributed by atoms with Gasteiger partial charge in [-0.3, -0.25) is 4.79 Å². The maximum atomic E-state index is 11.4. The summed E-state index contributed by atoms with van der Waals surface area (Å²) in [5, 5.41) is 0. The van der Waals surface area contributed by atoms with Gasteiger partial charge in [-0.05, 0) is 74.4 Å². The van der Waals surface area contributed by atoms with Crippen LogP contribution in [0.5, 0.6) is 0 Å². The topological polar surface area (TPSA) is 29.5 Å². The van der Waals surface area contributed by atoms with Gasteiger partial charge in [0.15, 0.2) is 0 Å². The van der Waals surface area contributed by atoms with E-state index >= 15 is 0 Å². The third-order valence-corrected chi connectivity index (χ3v) is 6.94. The molecule has 1 fully saturated rings. The maximum Gasteiger partial charge on any atom is 0.305 e. The van der Waals surface area contributed by atoms with Gasteiger partial charge in [-0.2, -0.15) is 0 Å². The molecule has 3 nitrogen and oxygen atoms in total. The molecule has 2 unspecified atom stereocenters. The Morgan fingerprint density at radius 2 is 1.82 bits per heavy atom. The lowest BCUT2D eigenvalue weighted by atomic mass is 9.73. The molecule has 2 aromatic carbocycles. The van der Waals surface area contributed by atoms with Crippen molar-refractivity contribution in [1.82, 2.24) is 4.90 Å². The van der Waals surface area contributed by atoms with Gasteiger partial charge in [-0.1, -0.05) is 48.5 Å². The van der Waals surface area contributed by atoms with Gasteiger partial charge in [0.25, 0.3) is 0 Å². The Balaban J connectivity index is 1.55. The summed E-state index contributed by atoms with van der Waals surface area (Å²) in [5.74, 6) is -0.106. The fourth-order valence-corrected chi connectivity index (χ4v) is 5.40. The second-order valence-corrected chi connectivity index (χ2v) is 8.62. The number of methoxy groups -OCH3 is 1. The minimum Gasteiger partial charge on any atom is -0.469 e. The number of rotatable bonds is 5. The van der Waals surface area contributed by atoms with Gasteiger partial charge in [-0.15, -0.1) is 0 Å². The second-order valence-electron chi connectivity index (χ2n) is 8.62. The molecule has 0 bridgehead atoms. The number of fused-ring (bicyclic) bond motifs is 3. The predicted molar refractivity (Wildman–Crippen MR) is 113 cm³/mol. The van der Waals surface area contributed by atoms with Crippen molar-refractivity contribution in [1.29, 1.82) is 0 Å². The quantitative estimate of drug-likeness (QED) is 0.718. The van der Waals surface area contributed by atoms with Gasteiger partial charge in [-0.25, -0.2) is 0 Å². The molecule has 0 N–H and O–H groups in total. The minimum atomic E-state index is -0.106. The fourth-order valence-electron chi connectivity index (χ4n) is 5.40. The molecule has 2 aromatic rings. The van der Waals surface area contributed by atoms with E-state index in [4.69, 9.17) is 4.74 Å². The Morgan fingerprint density at radius 3 is 2.61 bits per heavy atom. The van der Waals surface area contributed by atoms with Crippen LogP contribution in [0.15, 0.2) is 48.5 Å². The molecule has 3 heteroatoms. The second kappa shape index (κ2) is 8.08. The third-order valence-electron chi connectivity index (χ3n) is 6.94. The number of carbonyl (C=O) groups is 1. The number of hydrogen-bond donors (Lipinski definition) is 0. The summed E-state index contributed by atoms with van der Waals surface area (Å²) in [4.78, 5) is 13.9. The SMILES string of the molecule is COC(=O)CCCN(C)C1CCC2(Cc3ccccc3Cc3ccccc32)C1. The summed E-state index contributed by atoms with van der Waals surface area (Å²) in [6.07, 6.45) is 7.24. The lowest BCUT2D eigenvalue weighted by molar-refractivity contribution is -0.140. The molecule has 0 radical (unpaired) electrons. The molecule has 1 spiro atoms. The van der Waals surface area contributed by atoms with Crippen LogP contribution in [0, 0.1) is 0 Å². The number of esters is 1. The van der Waals surface area contributed by atoms with Gasteiger partial charge >= 0.3 is 5.97 Å². The summed E-state index contributed by atoms with van der Waals surface area (Å²) < 4.78 is 4.78. The minimum absolute atomic E-state index is 0.106. The molecule has 28 heavy (non-hydrogen) atoms. The Hall–Kier alpha value is -2.13. The molecule has 0 aromatic heterocycles. The van der Waals surface area contributed by atoms with E-state index in [0.717, 1.165) is 25.8 Å². The lowest BCUT2D eigenvalue weighted by Crippen LogP contribution is -2.34.